The van der Waals surface area contributed by atoms with Crippen molar-refractivity contribution >= 4 is 23.3 Å². The minimum absolute atomic E-state index is 0.0390. The molecule has 21 heavy (non-hydrogen) atoms. The van der Waals surface area contributed by atoms with E-state index in [1.54, 1.807) is 24.3 Å². The second-order valence-electron chi connectivity index (χ2n) is 4.21. The number of carboxylic acids is 1. The number of benzene rings is 2. The number of aromatic carboxylic acids is 1. The van der Waals surface area contributed by atoms with Gasteiger partial charge in [-0.2, -0.15) is 0 Å². The first-order chi connectivity index (χ1) is 10.1. The Balaban J connectivity index is 1.87. The number of para-hydroxylation sites is 1. The zero-order chi connectivity index (χ0) is 15.2. The summed E-state index contributed by atoms with van der Waals surface area (Å²) in [5.74, 6) is -1.21. The summed E-state index contributed by atoms with van der Waals surface area (Å²) in [6.45, 7) is 0.690. The Morgan fingerprint density at radius 1 is 1.29 bits per heavy atom. The van der Waals surface area contributed by atoms with E-state index in [4.69, 9.17) is 21.4 Å². The topological polar surface area (TPSA) is 58.6 Å². The van der Waals surface area contributed by atoms with Crippen LogP contribution in [0.3, 0.4) is 0 Å². The van der Waals surface area contributed by atoms with Crippen LogP contribution in [0.1, 0.15) is 10.4 Å². The van der Waals surface area contributed by atoms with Gasteiger partial charge in [0.05, 0.1) is 5.02 Å². The lowest BCUT2D eigenvalue weighted by Crippen LogP contribution is -2.13. The number of ether oxygens (including phenoxy) is 1. The van der Waals surface area contributed by atoms with Gasteiger partial charge in [-0.15, -0.1) is 0 Å². The highest BCUT2D eigenvalue weighted by molar-refractivity contribution is 6.31. The maximum Gasteiger partial charge on any atom is 0.339 e. The van der Waals surface area contributed by atoms with Gasteiger partial charge in [0.15, 0.2) is 0 Å². The fraction of sp³-hybridized carbons (Fsp3) is 0.133. The van der Waals surface area contributed by atoms with Crippen LogP contribution in [-0.2, 0) is 0 Å². The number of rotatable bonds is 6. The molecule has 0 aliphatic heterocycles. The van der Waals surface area contributed by atoms with E-state index in [1.807, 2.05) is 0 Å². The van der Waals surface area contributed by atoms with E-state index in [-0.39, 0.29) is 17.2 Å². The Morgan fingerprint density at radius 3 is 2.76 bits per heavy atom. The molecule has 0 aromatic heterocycles. The van der Waals surface area contributed by atoms with E-state index < -0.39 is 11.8 Å². The standard InChI is InChI=1S/C15H13ClFNO3/c16-12-9-10(5-6-13(12)17)18-7-8-21-14-4-2-1-3-11(14)15(19)20/h1-6,9,18H,7-8H2,(H,19,20). The molecule has 2 aromatic rings. The van der Waals surface area contributed by atoms with Gasteiger partial charge in [0.2, 0.25) is 0 Å². The summed E-state index contributed by atoms with van der Waals surface area (Å²) in [4.78, 5) is 11.0. The molecule has 2 rings (SSSR count). The van der Waals surface area contributed by atoms with Crippen molar-refractivity contribution in [3.05, 3.63) is 58.9 Å². The Labute approximate surface area is 126 Å². The first-order valence-electron chi connectivity index (χ1n) is 6.22. The van der Waals surface area contributed by atoms with Crippen molar-refractivity contribution < 1.29 is 19.0 Å². The maximum absolute atomic E-state index is 13.0. The number of hydrogen-bond donors (Lipinski definition) is 2. The molecule has 0 amide bonds. The number of anilines is 1. The summed E-state index contributed by atoms with van der Waals surface area (Å²) < 4.78 is 18.4. The van der Waals surface area contributed by atoms with Gasteiger partial charge in [-0.25, -0.2) is 9.18 Å². The van der Waals surface area contributed by atoms with E-state index >= 15 is 0 Å². The lowest BCUT2D eigenvalue weighted by molar-refractivity contribution is 0.0692. The molecule has 0 aliphatic carbocycles. The molecule has 0 radical (unpaired) electrons. The van der Waals surface area contributed by atoms with Crippen LogP contribution in [0.15, 0.2) is 42.5 Å². The summed E-state index contributed by atoms with van der Waals surface area (Å²) in [5.41, 5.74) is 0.777. The molecule has 0 saturated heterocycles. The number of halogens is 2. The molecular formula is C15H13ClFNO3. The summed E-state index contributed by atoms with van der Waals surface area (Å²) in [7, 11) is 0. The Bertz CT molecular complexity index is 649. The molecular weight excluding hydrogens is 297 g/mol. The van der Waals surface area contributed by atoms with Crippen LogP contribution in [0.2, 0.25) is 5.02 Å². The van der Waals surface area contributed by atoms with Crippen LogP contribution < -0.4 is 10.1 Å². The fourth-order valence-corrected chi connectivity index (χ4v) is 1.91. The van der Waals surface area contributed by atoms with Crippen molar-refractivity contribution in [2.24, 2.45) is 0 Å². The van der Waals surface area contributed by atoms with Gasteiger partial charge >= 0.3 is 5.97 Å². The Kier molecular flexibility index (Phi) is 5.00. The van der Waals surface area contributed by atoms with Crippen molar-refractivity contribution in [1.82, 2.24) is 0 Å². The van der Waals surface area contributed by atoms with Crippen molar-refractivity contribution in [1.29, 1.82) is 0 Å². The van der Waals surface area contributed by atoms with E-state index in [0.717, 1.165) is 0 Å². The fourth-order valence-electron chi connectivity index (χ4n) is 1.73. The monoisotopic (exact) mass is 309 g/mol. The van der Waals surface area contributed by atoms with Crippen LogP contribution >= 0.6 is 11.6 Å². The largest absolute Gasteiger partial charge is 0.491 e. The van der Waals surface area contributed by atoms with Gasteiger partial charge in [-0.3, -0.25) is 0 Å². The molecule has 0 bridgehead atoms. The summed E-state index contributed by atoms with van der Waals surface area (Å²) in [6.07, 6.45) is 0. The first kappa shape index (κ1) is 15.1. The van der Waals surface area contributed by atoms with Gasteiger partial charge in [-0.1, -0.05) is 23.7 Å². The average Bonchev–Trinajstić information content (AvgIpc) is 2.47. The number of hydrogen-bond acceptors (Lipinski definition) is 3. The lowest BCUT2D eigenvalue weighted by atomic mass is 10.2. The van der Waals surface area contributed by atoms with Crippen LogP contribution in [0, 0.1) is 5.82 Å². The molecule has 0 fully saturated rings. The normalized spacial score (nSPS) is 10.2. The predicted molar refractivity (Wildman–Crippen MR) is 78.8 cm³/mol. The summed E-state index contributed by atoms with van der Waals surface area (Å²) in [6, 6.07) is 10.7. The molecule has 0 heterocycles. The first-order valence-corrected chi connectivity index (χ1v) is 6.60. The number of carboxylic acid groups (broad SMARTS) is 1. The molecule has 0 spiro atoms. The van der Waals surface area contributed by atoms with Gasteiger partial charge in [-0.05, 0) is 30.3 Å². The number of carbonyl (C=O) groups is 1. The molecule has 2 aromatic carbocycles. The van der Waals surface area contributed by atoms with Gasteiger partial charge in [0, 0.05) is 12.2 Å². The predicted octanol–water partition coefficient (Wildman–Crippen LogP) is 3.67. The highest BCUT2D eigenvalue weighted by atomic mass is 35.5. The van der Waals surface area contributed by atoms with Gasteiger partial charge in [0.1, 0.15) is 23.7 Å². The average molecular weight is 310 g/mol. The van der Waals surface area contributed by atoms with Gasteiger partial charge in [0.25, 0.3) is 0 Å². The van der Waals surface area contributed by atoms with Crippen molar-refractivity contribution in [3.63, 3.8) is 0 Å². The Hall–Kier alpha value is -2.27. The molecule has 4 nitrogen and oxygen atoms in total. The zero-order valence-corrected chi connectivity index (χ0v) is 11.7. The molecule has 0 saturated carbocycles. The molecule has 2 N–H and O–H groups in total. The van der Waals surface area contributed by atoms with E-state index in [2.05, 4.69) is 5.32 Å². The summed E-state index contributed by atoms with van der Waals surface area (Å²) in [5, 5.41) is 12.1. The second-order valence-corrected chi connectivity index (χ2v) is 4.61. The highest BCUT2D eigenvalue weighted by Crippen LogP contribution is 2.20. The van der Waals surface area contributed by atoms with Crippen molar-refractivity contribution in [3.8, 4) is 5.75 Å². The Morgan fingerprint density at radius 2 is 2.05 bits per heavy atom. The minimum atomic E-state index is -1.04. The number of nitrogens with one attached hydrogen (secondary N) is 1. The molecule has 6 heteroatoms. The van der Waals surface area contributed by atoms with E-state index in [0.29, 0.717) is 18.0 Å². The second kappa shape index (κ2) is 6.95. The summed E-state index contributed by atoms with van der Waals surface area (Å²) >= 11 is 5.67. The molecule has 0 atom stereocenters. The van der Waals surface area contributed by atoms with E-state index in [9.17, 15) is 9.18 Å². The van der Waals surface area contributed by atoms with Crippen LogP contribution in [-0.4, -0.2) is 24.2 Å². The molecule has 0 aliphatic rings. The van der Waals surface area contributed by atoms with Crippen LogP contribution in [0.4, 0.5) is 10.1 Å². The third kappa shape index (κ3) is 4.10. The third-order valence-corrected chi connectivity index (χ3v) is 3.02. The molecule has 0 unspecified atom stereocenters. The van der Waals surface area contributed by atoms with Crippen LogP contribution in [0.25, 0.3) is 0 Å². The van der Waals surface area contributed by atoms with Gasteiger partial charge < -0.3 is 15.2 Å². The van der Waals surface area contributed by atoms with E-state index in [1.165, 1.54) is 18.2 Å². The molecule has 110 valence electrons. The zero-order valence-electron chi connectivity index (χ0n) is 11.0. The quantitative estimate of drug-likeness (QED) is 0.799. The van der Waals surface area contributed by atoms with Crippen LogP contribution in [0.5, 0.6) is 5.75 Å². The third-order valence-electron chi connectivity index (χ3n) is 2.73. The highest BCUT2D eigenvalue weighted by Gasteiger charge is 2.09. The SMILES string of the molecule is O=C(O)c1ccccc1OCCNc1ccc(F)c(Cl)c1. The smallest absolute Gasteiger partial charge is 0.339 e. The maximum atomic E-state index is 13.0. The minimum Gasteiger partial charge on any atom is -0.491 e. The van der Waals surface area contributed by atoms with Crippen molar-refractivity contribution in [2.75, 3.05) is 18.5 Å². The van der Waals surface area contributed by atoms with Crippen molar-refractivity contribution in [2.45, 2.75) is 0 Å². The lowest BCUT2D eigenvalue weighted by Gasteiger charge is -2.10.